The molecule has 0 unspecified atom stereocenters. The molecular weight excluding hydrogens is 358 g/mol. The third-order valence-electron chi connectivity index (χ3n) is 4.62. The topological polar surface area (TPSA) is 46.9 Å². The fraction of sp³-hybridized carbons (Fsp3) is 0.364. The van der Waals surface area contributed by atoms with Crippen LogP contribution in [0.5, 0.6) is 0 Å². The van der Waals surface area contributed by atoms with Crippen molar-refractivity contribution in [1.29, 1.82) is 0 Å². The van der Waals surface area contributed by atoms with Crippen LogP contribution in [0.1, 0.15) is 44.6 Å². The average molecular weight is 386 g/mol. The molecule has 0 atom stereocenters. The number of rotatable bonds is 5. The number of hydrogen-bond acceptors (Lipinski definition) is 2. The molecule has 3 rings (SSSR count). The molecule has 1 N–H and O–H groups in total. The van der Waals surface area contributed by atoms with Crippen LogP contribution in [0.15, 0.2) is 48.5 Å². The summed E-state index contributed by atoms with van der Waals surface area (Å²) in [5.41, 5.74) is 4.87. The number of carbonyl (C=O) groups excluding carboxylic acids is 1. The van der Waals surface area contributed by atoms with E-state index in [1.807, 2.05) is 18.2 Å². The molecular formula is C22H28ClN3O. The van der Waals surface area contributed by atoms with Crippen LogP contribution in [0.3, 0.4) is 0 Å². The molecule has 0 bridgehead atoms. The molecule has 0 saturated heterocycles. The van der Waals surface area contributed by atoms with E-state index in [2.05, 4.69) is 61.0 Å². The predicted octanol–water partition coefficient (Wildman–Crippen LogP) is 4.48. The van der Waals surface area contributed by atoms with Crippen molar-refractivity contribution in [3.8, 4) is 0 Å². The van der Waals surface area contributed by atoms with E-state index < -0.39 is 0 Å². The number of fused-ring (bicyclic) bond motifs is 1. The molecule has 0 aliphatic carbocycles. The summed E-state index contributed by atoms with van der Waals surface area (Å²) in [7, 11) is 0. The average Bonchev–Trinajstić information content (AvgIpc) is 2.92. The van der Waals surface area contributed by atoms with Gasteiger partial charge < -0.3 is 9.88 Å². The predicted molar refractivity (Wildman–Crippen MR) is 114 cm³/mol. The number of nitrogens with zero attached hydrogens (tertiary/aromatic N) is 2. The van der Waals surface area contributed by atoms with Gasteiger partial charge in [-0.25, -0.2) is 4.98 Å². The molecule has 1 aromatic heterocycles. The molecule has 1 heterocycles. The van der Waals surface area contributed by atoms with Crippen LogP contribution in [0, 0.1) is 0 Å². The number of hydrogen-bond donors (Lipinski definition) is 1. The smallest absolute Gasteiger partial charge is 0.216 e. The minimum Gasteiger partial charge on any atom is -0.356 e. The van der Waals surface area contributed by atoms with E-state index in [1.54, 1.807) is 6.92 Å². The summed E-state index contributed by atoms with van der Waals surface area (Å²) >= 11 is 0. The summed E-state index contributed by atoms with van der Waals surface area (Å²) in [6, 6.07) is 17.0. The van der Waals surface area contributed by atoms with Crippen molar-refractivity contribution in [2.75, 3.05) is 6.54 Å². The normalized spacial score (nSPS) is 11.3. The van der Waals surface area contributed by atoms with Crippen molar-refractivity contribution in [2.24, 2.45) is 0 Å². The Labute approximate surface area is 167 Å². The van der Waals surface area contributed by atoms with Crippen LogP contribution in [0.25, 0.3) is 11.0 Å². The molecule has 0 aliphatic heterocycles. The molecule has 0 aliphatic rings. The van der Waals surface area contributed by atoms with Gasteiger partial charge in [0.05, 0.1) is 11.0 Å². The molecule has 4 nitrogen and oxygen atoms in total. The molecule has 144 valence electrons. The summed E-state index contributed by atoms with van der Waals surface area (Å²) in [5, 5.41) is 2.86. The SMILES string of the molecule is CC(=O)NCCc1nc2ccccc2n1Cc1ccc(C(C)(C)C)cc1.Cl. The first kappa shape index (κ1) is 21.0. The van der Waals surface area contributed by atoms with Crippen molar-refractivity contribution in [3.63, 3.8) is 0 Å². The lowest BCUT2D eigenvalue weighted by Gasteiger charge is -2.19. The molecule has 2 aromatic carbocycles. The van der Waals surface area contributed by atoms with Crippen LogP contribution in [-0.2, 0) is 23.2 Å². The van der Waals surface area contributed by atoms with E-state index in [0.29, 0.717) is 13.0 Å². The van der Waals surface area contributed by atoms with E-state index in [4.69, 9.17) is 4.98 Å². The van der Waals surface area contributed by atoms with Gasteiger partial charge in [-0.2, -0.15) is 0 Å². The molecule has 0 fully saturated rings. The number of halogens is 1. The molecule has 0 saturated carbocycles. The lowest BCUT2D eigenvalue weighted by atomic mass is 9.87. The van der Waals surface area contributed by atoms with Gasteiger partial charge >= 0.3 is 0 Å². The summed E-state index contributed by atoms with van der Waals surface area (Å²) in [4.78, 5) is 15.9. The minimum absolute atomic E-state index is 0. The highest BCUT2D eigenvalue weighted by molar-refractivity contribution is 5.85. The van der Waals surface area contributed by atoms with Crippen molar-refractivity contribution >= 4 is 29.3 Å². The van der Waals surface area contributed by atoms with Crippen LogP contribution in [0.4, 0.5) is 0 Å². The van der Waals surface area contributed by atoms with Crippen LogP contribution >= 0.6 is 12.4 Å². The van der Waals surface area contributed by atoms with Gasteiger partial charge in [0.1, 0.15) is 5.82 Å². The molecule has 0 spiro atoms. The van der Waals surface area contributed by atoms with Crippen molar-refractivity contribution < 1.29 is 4.79 Å². The monoisotopic (exact) mass is 385 g/mol. The zero-order valence-electron chi connectivity index (χ0n) is 16.5. The number of benzene rings is 2. The second kappa shape index (κ2) is 8.57. The Hall–Kier alpha value is -2.33. The van der Waals surface area contributed by atoms with E-state index in [0.717, 1.165) is 23.4 Å². The Kier molecular flexibility index (Phi) is 6.66. The Balaban J connectivity index is 0.00000261. The largest absolute Gasteiger partial charge is 0.356 e. The number of para-hydroxylation sites is 2. The number of carbonyl (C=O) groups is 1. The van der Waals surface area contributed by atoms with Gasteiger partial charge in [0.15, 0.2) is 0 Å². The highest BCUT2D eigenvalue weighted by atomic mass is 35.5. The van der Waals surface area contributed by atoms with Crippen LogP contribution < -0.4 is 5.32 Å². The molecule has 0 radical (unpaired) electrons. The van der Waals surface area contributed by atoms with Gasteiger partial charge in [-0.1, -0.05) is 57.2 Å². The second-order valence-corrected chi connectivity index (χ2v) is 7.78. The number of imidazole rings is 1. The van der Waals surface area contributed by atoms with Gasteiger partial charge in [-0.3, -0.25) is 4.79 Å². The zero-order valence-corrected chi connectivity index (χ0v) is 17.3. The van der Waals surface area contributed by atoms with Gasteiger partial charge in [-0.05, 0) is 28.7 Å². The Morgan fingerprint density at radius 1 is 1.07 bits per heavy atom. The quantitative estimate of drug-likeness (QED) is 0.703. The maximum absolute atomic E-state index is 11.2. The summed E-state index contributed by atoms with van der Waals surface area (Å²) in [6.07, 6.45) is 0.717. The van der Waals surface area contributed by atoms with Crippen LogP contribution in [-0.4, -0.2) is 22.0 Å². The van der Waals surface area contributed by atoms with Crippen molar-refractivity contribution in [3.05, 3.63) is 65.5 Å². The first-order chi connectivity index (χ1) is 12.3. The first-order valence-corrected chi connectivity index (χ1v) is 9.12. The van der Waals surface area contributed by atoms with E-state index in [9.17, 15) is 4.79 Å². The third-order valence-corrected chi connectivity index (χ3v) is 4.62. The maximum atomic E-state index is 11.2. The first-order valence-electron chi connectivity index (χ1n) is 9.12. The van der Waals surface area contributed by atoms with E-state index in [-0.39, 0.29) is 23.7 Å². The zero-order chi connectivity index (χ0) is 18.7. The summed E-state index contributed by atoms with van der Waals surface area (Å²) in [6.45, 7) is 9.60. The Morgan fingerprint density at radius 2 is 1.74 bits per heavy atom. The standard InChI is InChI=1S/C22H27N3O.ClH/c1-16(26)23-14-13-21-24-19-7-5-6-8-20(19)25(21)15-17-9-11-18(12-10-17)22(2,3)4;/h5-12H,13-15H2,1-4H3,(H,23,26);1H. The van der Waals surface area contributed by atoms with Gasteiger partial charge in [-0.15, -0.1) is 12.4 Å². The van der Waals surface area contributed by atoms with Crippen molar-refractivity contribution in [2.45, 2.75) is 46.1 Å². The summed E-state index contributed by atoms with van der Waals surface area (Å²) in [5.74, 6) is 0.991. The fourth-order valence-electron chi connectivity index (χ4n) is 3.14. The third kappa shape index (κ3) is 5.10. The number of aromatic nitrogens is 2. The number of nitrogens with one attached hydrogen (secondary N) is 1. The lowest BCUT2D eigenvalue weighted by Crippen LogP contribution is -2.23. The fourth-order valence-corrected chi connectivity index (χ4v) is 3.14. The van der Waals surface area contributed by atoms with Gasteiger partial charge in [0.25, 0.3) is 0 Å². The van der Waals surface area contributed by atoms with Crippen molar-refractivity contribution in [1.82, 2.24) is 14.9 Å². The van der Waals surface area contributed by atoms with Gasteiger partial charge in [0.2, 0.25) is 5.91 Å². The Morgan fingerprint density at radius 3 is 2.37 bits per heavy atom. The molecule has 3 aromatic rings. The van der Waals surface area contributed by atoms with E-state index >= 15 is 0 Å². The highest BCUT2D eigenvalue weighted by Crippen LogP contribution is 2.23. The molecule has 5 heteroatoms. The second-order valence-electron chi connectivity index (χ2n) is 7.78. The lowest BCUT2D eigenvalue weighted by molar-refractivity contribution is -0.118. The van der Waals surface area contributed by atoms with Gasteiger partial charge in [0, 0.05) is 26.4 Å². The van der Waals surface area contributed by atoms with E-state index in [1.165, 1.54) is 11.1 Å². The Bertz CT molecular complexity index is 907. The maximum Gasteiger partial charge on any atom is 0.216 e. The minimum atomic E-state index is -0.00886. The summed E-state index contributed by atoms with van der Waals surface area (Å²) < 4.78 is 2.25. The van der Waals surface area contributed by atoms with Crippen LogP contribution in [0.2, 0.25) is 0 Å². The highest BCUT2D eigenvalue weighted by Gasteiger charge is 2.14. The number of amides is 1. The molecule has 1 amide bonds. The molecule has 27 heavy (non-hydrogen) atoms.